The first-order valence-electron chi connectivity index (χ1n) is 7.75. The van der Waals surface area contributed by atoms with E-state index in [0.717, 1.165) is 5.56 Å². The summed E-state index contributed by atoms with van der Waals surface area (Å²) in [6.45, 7) is 0.149. The van der Waals surface area contributed by atoms with E-state index in [-0.39, 0.29) is 18.4 Å². The van der Waals surface area contributed by atoms with Crippen LogP contribution in [0.4, 0.5) is 0 Å². The highest BCUT2D eigenvalue weighted by Gasteiger charge is 2.08. The van der Waals surface area contributed by atoms with Crippen molar-refractivity contribution in [3.8, 4) is 5.75 Å². The number of carbonyl (C=O) groups is 3. The smallest absolute Gasteiger partial charge is 0.258 e. The lowest BCUT2D eigenvalue weighted by atomic mass is 10.1. The largest absolute Gasteiger partial charge is 0.483 e. The molecule has 0 aromatic heterocycles. The molecule has 2 aromatic rings. The van der Waals surface area contributed by atoms with Crippen LogP contribution in [-0.4, -0.2) is 43.7 Å². The molecule has 0 aliphatic rings. The fraction of sp³-hybridized carbons (Fsp3) is 0.211. The Balaban J connectivity index is 1.83. The van der Waals surface area contributed by atoms with Crippen molar-refractivity contribution < 1.29 is 19.1 Å². The number of nitrogens with one attached hydrogen (secondary N) is 1. The molecule has 1 N–H and O–H groups in total. The molecule has 0 heterocycles. The first-order valence-corrected chi connectivity index (χ1v) is 7.75. The molecule has 0 saturated heterocycles. The average molecular weight is 340 g/mol. The van der Waals surface area contributed by atoms with E-state index in [1.807, 2.05) is 0 Å². The van der Waals surface area contributed by atoms with Crippen LogP contribution in [0, 0.1) is 0 Å². The van der Waals surface area contributed by atoms with E-state index < -0.39 is 0 Å². The summed E-state index contributed by atoms with van der Waals surface area (Å²) in [6, 6.07) is 13.7. The molecule has 0 fully saturated rings. The van der Waals surface area contributed by atoms with Crippen molar-refractivity contribution in [2.45, 2.75) is 6.54 Å². The van der Waals surface area contributed by atoms with Gasteiger partial charge in [0.25, 0.3) is 11.8 Å². The third kappa shape index (κ3) is 5.17. The number of nitrogens with zero attached hydrogens (tertiary/aromatic N) is 1. The molecule has 0 bridgehead atoms. The van der Waals surface area contributed by atoms with Gasteiger partial charge in [0.2, 0.25) is 0 Å². The van der Waals surface area contributed by atoms with Gasteiger partial charge >= 0.3 is 0 Å². The monoisotopic (exact) mass is 340 g/mol. The third-order valence-electron chi connectivity index (χ3n) is 3.50. The van der Waals surface area contributed by atoms with E-state index in [4.69, 9.17) is 4.74 Å². The van der Waals surface area contributed by atoms with Gasteiger partial charge in [-0.25, -0.2) is 0 Å². The molecule has 0 aliphatic heterocycles. The lowest BCUT2D eigenvalue weighted by Crippen LogP contribution is -2.28. The molecule has 2 amide bonds. The van der Waals surface area contributed by atoms with Crippen LogP contribution < -0.4 is 10.1 Å². The van der Waals surface area contributed by atoms with Gasteiger partial charge in [-0.3, -0.25) is 14.4 Å². The minimum absolute atomic E-state index is 0.0715. The standard InChI is InChI=1S/C19H20N2O4/c1-21(2)19(24)15-9-7-14(8-10-15)11-20-18(23)13-25-17-6-4-3-5-16(17)12-22/h3-10,12H,11,13H2,1-2H3,(H,20,23). The SMILES string of the molecule is CN(C)C(=O)c1ccc(CNC(=O)COc2ccccc2C=O)cc1. The van der Waals surface area contributed by atoms with Gasteiger partial charge in [0.15, 0.2) is 12.9 Å². The van der Waals surface area contributed by atoms with Crippen molar-refractivity contribution in [1.29, 1.82) is 0 Å². The highest BCUT2D eigenvalue weighted by Crippen LogP contribution is 2.15. The molecular formula is C19H20N2O4. The minimum atomic E-state index is -0.297. The summed E-state index contributed by atoms with van der Waals surface area (Å²) in [6.07, 6.45) is 0.684. The predicted octanol–water partition coefficient (Wildman–Crippen LogP) is 1.90. The van der Waals surface area contributed by atoms with Gasteiger partial charge in [-0.1, -0.05) is 24.3 Å². The topological polar surface area (TPSA) is 75.7 Å². The Labute approximate surface area is 146 Å². The Morgan fingerprint density at radius 3 is 2.40 bits per heavy atom. The van der Waals surface area contributed by atoms with Gasteiger partial charge in [0, 0.05) is 26.2 Å². The lowest BCUT2D eigenvalue weighted by molar-refractivity contribution is -0.123. The minimum Gasteiger partial charge on any atom is -0.483 e. The molecule has 25 heavy (non-hydrogen) atoms. The zero-order valence-electron chi connectivity index (χ0n) is 14.2. The molecule has 2 aromatic carbocycles. The molecule has 0 unspecified atom stereocenters. The number of benzene rings is 2. The number of amides is 2. The molecule has 130 valence electrons. The van der Waals surface area contributed by atoms with E-state index in [1.165, 1.54) is 4.90 Å². The van der Waals surface area contributed by atoms with Crippen LogP contribution in [0.3, 0.4) is 0 Å². The highest BCUT2D eigenvalue weighted by atomic mass is 16.5. The summed E-state index contributed by atoms with van der Waals surface area (Å²) >= 11 is 0. The summed E-state index contributed by atoms with van der Waals surface area (Å²) in [4.78, 5) is 36.1. The zero-order chi connectivity index (χ0) is 18.2. The highest BCUT2D eigenvalue weighted by molar-refractivity contribution is 5.93. The fourth-order valence-corrected chi connectivity index (χ4v) is 2.13. The van der Waals surface area contributed by atoms with Gasteiger partial charge in [0.1, 0.15) is 5.75 Å². The van der Waals surface area contributed by atoms with Gasteiger partial charge in [-0.15, -0.1) is 0 Å². The maximum absolute atomic E-state index is 11.9. The van der Waals surface area contributed by atoms with Crippen LogP contribution in [0.2, 0.25) is 0 Å². The molecule has 0 saturated carbocycles. The molecule has 6 nitrogen and oxygen atoms in total. The maximum Gasteiger partial charge on any atom is 0.258 e. The van der Waals surface area contributed by atoms with Crippen molar-refractivity contribution >= 4 is 18.1 Å². The number of para-hydroxylation sites is 1. The number of hydrogen-bond donors (Lipinski definition) is 1. The Hall–Kier alpha value is -3.15. The van der Waals surface area contributed by atoms with Gasteiger partial charge in [0.05, 0.1) is 5.56 Å². The first-order chi connectivity index (χ1) is 12.0. The van der Waals surface area contributed by atoms with E-state index in [0.29, 0.717) is 29.7 Å². The molecule has 2 rings (SSSR count). The second kappa shape index (κ2) is 8.63. The number of carbonyl (C=O) groups excluding carboxylic acids is 3. The van der Waals surface area contributed by atoms with E-state index in [9.17, 15) is 14.4 Å². The molecule has 6 heteroatoms. The second-order valence-electron chi connectivity index (χ2n) is 5.62. The van der Waals surface area contributed by atoms with Gasteiger partial charge in [-0.2, -0.15) is 0 Å². The van der Waals surface area contributed by atoms with E-state index in [2.05, 4.69) is 5.32 Å². The summed E-state index contributed by atoms with van der Waals surface area (Å²) in [5.74, 6) is 0.00572. The average Bonchev–Trinajstić information content (AvgIpc) is 2.64. The quantitative estimate of drug-likeness (QED) is 0.781. The van der Waals surface area contributed by atoms with Crippen LogP contribution in [-0.2, 0) is 11.3 Å². The lowest BCUT2D eigenvalue weighted by Gasteiger charge is -2.11. The van der Waals surface area contributed by atoms with E-state index >= 15 is 0 Å². The fourth-order valence-electron chi connectivity index (χ4n) is 2.13. The Bertz CT molecular complexity index is 754. The third-order valence-corrected chi connectivity index (χ3v) is 3.50. The second-order valence-corrected chi connectivity index (χ2v) is 5.62. The summed E-state index contributed by atoms with van der Waals surface area (Å²) in [7, 11) is 3.39. The van der Waals surface area contributed by atoms with Crippen LogP contribution in [0.1, 0.15) is 26.3 Å². The summed E-state index contributed by atoms with van der Waals surface area (Å²) in [5, 5.41) is 2.73. The van der Waals surface area contributed by atoms with E-state index in [1.54, 1.807) is 62.6 Å². The van der Waals surface area contributed by atoms with Crippen molar-refractivity contribution in [3.63, 3.8) is 0 Å². The Kier molecular flexibility index (Phi) is 6.28. The van der Waals surface area contributed by atoms with Crippen LogP contribution in [0.15, 0.2) is 48.5 Å². The molecule has 0 spiro atoms. The van der Waals surface area contributed by atoms with Gasteiger partial charge in [-0.05, 0) is 29.8 Å². The molecule has 0 radical (unpaired) electrons. The predicted molar refractivity (Wildman–Crippen MR) is 93.6 cm³/mol. The van der Waals surface area contributed by atoms with Crippen LogP contribution in [0.25, 0.3) is 0 Å². The summed E-state index contributed by atoms with van der Waals surface area (Å²) < 4.78 is 5.36. The van der Waals surface area contributed by atoms with Crippen LogP contribution >= 0.6 is 0 Å². The normalized spacial score (nSPS) is 10.0. The van der Waals surface area contributed by atoms with Gasteiger partial charge < -0.3 is 15.0 Å². The Morgan fingerprint density at radius 2 is 1.76 bits per heavy atom. The zero-order valence-corrected chi connectivity index (χ0v) is 14.2. The maximum atomic E-state index is 11.9. The molecule has 0 aliphatic carbocycles. The number of rotatable bonds is 7. The number of hydrogen-bond acceptors (Lipinski definition) is 4. The van der Waals surface area contributed by atoms with Crippen molar-refractivity contribution in [2.24, 2.45) is 0 Å². The summed E-state index contributed by atoms with van der Waals surface area (Å²) in [5.41, 5.74) is 1.86. The van der Waals surface area contributed by atoms with Crippen molar-refractivity contribution in [2.75, 3.05) is 20.7 Å². The van der Waals surface area contributed by atoms with Crippen molar-refractivity contribution in [1.82, 2.24) is 10.2 Å². The first kappa shape index (κ1) is 18.2. The van der Waals surface area contributed by atoms with Crippen molar-refractivity contribution in [3.05, 3.63) is 65.2 Å². The number of aldehydes is 1. The molecular weight excluding hydrogens is 320 g/mol. The number of ether oxygens (including phenoxy) is 1. The Morgan fingerprint density at radius 1 is 1.08 bits per heavy atom. The molecule has 0 atom stereocenters. The van der Waals surface area contributed by atoms with Crippen LogP contribution in [0.5, 0.6) is 5.75 Å².